The summed E-state index contributed by atoms with van der Waals surface area (Å²) in [7, 11) is 2.92. The molecule has 0 saturated heterocycles. The molecule has 3 rings (SSSR count). The predicted molar refractivity (Wildman–Crippen MR) is 110 cm³/mol. The van der Waals surface area contributed by atoms with Crippen LogP contribution in [0.4, 0.5) is 19.0 Å². The molecule has 1 aromatic carbocycles. The molecular formula is C20H24ClF3N4O3. The van der Waals surface area contributed by atoms with E-state index in [0.717, 1.165) is 4.68 Å². The minimum atomic E-state index is -4.60. The van der Waals surface area contributed by atoms with E-state index >= 15 is 0 Å². The second kappa shape index (κ2) is 8.14. The maximum atomic E-state index is 13.9. The molecule has 0 aliphatic carbocycles. The van der Waals surface area contributed by atoms with Crippen molar-refractivity contribution in [1.82, 2.24) is 15.1 Å². The standard InChI is InChI=1S/C20H24ClF3N4O3/c1-19(2,3)26-18(29)16-15(21)17-25-11(9-14(20(22,23)24)28(17)27-16)10-6-7-12(30-4)13(8-10)31-5/h6-8,11,14,25H,9H2,1-5H3,(H,26,29)/t11-,14-/m1/s1. The number of carbonyl (C=O) groups excluding carboxylic acids is 1. The first kappa shape index (κ1) is 23.1. The van der Waals surface area contributed by atoms with Crippen LogP contribution in [0.15, 0.2) is 18.2 Å². The Morgan fingerprint density at radius 2 is 1.87 bits per heavy atom. The summed E-state index contributed by atoms with van der Waals surface area (Å²) in [4.78, 5) is 12.6. The van der Waals surface area contributed by atoms with Crippen LogP contribution in [-0.2, 0) is 0 Å². The van der Waals surface area contributed by atoms with Crippen molar-refractivity contribution in [2.24, 2.45) is 0 Å². The van der Waals surface area contributed by atoms with Gasteiger partial charge in [-0.25, -0.2) is 4.68 Å². The number of nitrogens with zero attached hydrogens (tertiary/aromatic N) is 2. The first-order valence-electron chi connectivity index (χ1n) is 9.51. The lowest BCUT2D eigenvalue weighted by Gasteiger charge is -2.33. The lowest BCUT2D eigenvalue weighted by atomic mass is 9.96. The van der Waals surface area contributed by atoms with Gasteiger partial charge in [0.1, 0.15) is 10.8 Å². The summed E-state index contributed by atoms with van der Waals surface area (Å²) in [6, 6.07) is 2.17. The van der Waals surface area contributed by atoms with Gasteiger partial charge in [-0.3, -0.25) is 4.79 Å². The number of rotatable bonds is 4. The zero-order valence-electron chi connectivity index (χ0n) is 17.7. The number of benzene rings is 1. The van der Waals surface area contributed by atoms with Crippen LogP contribution in [0.3, 0.4) is 0 Å². The zero-order chi connectivity index (χ0) is 23.1. The van der Waals surface area contributed by atoms with Crippen LogP contribution >= 0.6 is 11.6 Å². The largest absolute Gasteiger partial charge is 0.493 e. The Morgan fingerprint density at radius 1 is 1.23 bits per heavy atom. The molecule has 0 bridgehead atoms. The number of fused-ring (bicyclic) bond motifs is 1. The third kappa shape index (κ3) is 4.68. The number of hydrogen-bond donors (Lipinski definition) is 2. The van der Waals surface area contributed by atoms with Gasteiger partial charge in [0.05, 0.1) is 20.3 Å². The van der Waals surface area contributed by atoms with Crippen molar-refractivity contribution in [3.8, 4) is 11.5 Å². The molecule has 1 aliphatic heterocycles. The molecule has 2 heterocycles. The molecule has 1 amide bonds. The number of nitrogens with one attached hydrogen (secondary N) is 2. The molecule has 11 heteroatoms. The van der Waals surface area contributed by atoms with Gasteiger partial charge >= 0.3 is 6.18 Å². The van der Waals surface area contributed by atoms with Crippen LogP contribution in [0.5, 0.6) is 11.5 Å². The maximum absolute atomic E-state index is 13.9. The molecule has 0 spiro atoms. The molecule has 7 nitrogen and oxygen atoms in total. The number of halogens is 4. The van der Waals surface area contributed by atoms with Gasteiger partial charge in [0, 0.05) is 12.0 Å². The highest BCUT2D eigenvalue weighted by molar-refractivity contribution is 6.36. The van der Waals surface area contributed by atoms with Crippen molar-refractivity contribution in [2.45, 2.75) is 51.0 Å². The van der Waals surface area contributed by atoms with Crippen molar-refractivity contribution in [1.29, 1.82) is 0 Å². The summed E-state index contributed by atoms with van der Waals surface area (Å²) in [5.74, 6) is 0.137. The highest BCUT2D eigenvalue weighted by Crippen LogP contribution is 2.47. The highest BCUT2D eigenvalue weighted by atomic mass is 35.5. The molecule has 0 unspecified atom stereocenters. The lowest BCUT2D eigenvalue weighted by molar-refractivity contribution is -0.173. The number of amides is 1. The Morgan fingerprint density at radius 3 is 2.42 bits per heavy atom. The van der Waals surface area contributed by atoms with Crippen molar-refractivity contribution in [2.75, 3.05) is 19.5 Å². The number of alkyl halides is 3. The van der Waals surface area contributed by atoms with E-state index in [2.05, 4.69) is 15.7 Å². The topological polar surface area (TPSA) is 77.4 Å². The van der Waals surface area contributed by atoms with Gasteiger partial charge in [0.15, 0.2) is 23.2 Å². The summed E-state index contributed by atoms with van der Waals surface area (Å²) in [5.41, 5.74) is -0.318. The van der Waals surface area contributed by atoms with Crippen molar-refractivity contribution in [3.63, 3.8) is 0 Å². The molecule has 31 heavy (non-hydrogen) atoms. The van der Waals surface area contributed by atoms with Gasteiger partial charge in [-0.2, -0.15) is 18.3 Å². The van der Waals surface area contributed by atoms with E-state index in [1.165, 1.54) is 14.2 Å². The lowest BCUT2D eigenvalue weighted by Crippen LogP contribution is -2.41. The van der Waals surface area contributed by atoms with E-state index in [1.54, 1.807) is 39.0 Å². The van der Waals surface area contributed by atoms with Gasteiger partial charge in [-0.05, 0) is 38.5 Å². The number of methoxy groups -OCH3 is 2. The van der Waals surface area contributed by atoms with Gasteiger partial charge in [-0.15, -0.1) is 0 Å². The number of carbonyl (C=O) groups is 1. The fraction of sp³-hybridized carbons (Fsp3) is 0.500. The van der Waals surface area contributed by atoms with Crippen LogP contribution in [0.25, 0.3) is 0 Å². The fourth-order valence-corrected chi connectivity index (χ4v) is 3.69. The predicted octanol–water partition coefficient (Wildman–Crippen LogP) is 4.74. The quantitative estimate of drug-likeness (QED) is 0.689. The zero-order valence-corrected chi connectivity index (χ0v) is 18.5. The van der Waals surface area contributed by atoms with Gasteiger partial charge in [0.25, 0.3) is 5.91 Å². The van der Waals surface area contributed by atoms with E-state index in [1.807, 2.05) is 0 Å². The third-order valence-corrected chi connectivity index (χ3v) is 5.17. The minimum Gasteiger partial charge on any atom is -0.493 e. The second-order valence-electron chi connectivity index (χ2n) is 8.26. The molecule has 1 aliphatic rings. The molecular weight excluding hydrogens is 437 g/mol. The maximum Gasteiger partial charge on any atom is 0.410 e. The molecule has 0 fully saturated rings. The Labute approximate surface area is 182 Å². The van der Waals surface area contributed by atoms with Crippen LogP contribution < -0.4 is 20.1 Å². The molecule has 2 N–H and O–H groups in total. The highest BCUT2D eigenvalue weighted by Gasteiger charge is 2.48. The van der Waals surface area contributed by atoms with E-state index in [4.69, 9.17) is 21.1 Å². The summed E-state index contributed by atoms with van der Waals surface area (Å²) < 4.78 is 52.9. The fourth-order valence-electron chi connectivity index (χ4n) is 3.42. The summed E-state index contributed by atoms with van der Waals surface area (Å²) in [6.45, 7) is 5.25. The van der Waals surface area contributed by atoms with Crippen LogP contribution in [0.2, 0.25) is 5.02 Å². The number of aromatic nitrogens is 2. The molecule has 170 valence electrons. The number of hydrogen-bond acceptors (Lipinski definition) is 5. The van der Waals surface area contributed by atoms with E-state index < -0.39 is 29.7 Å². The number of anilines is 1. The van der Waals surface area contributed by atoms with Gasteiger partial charge < -0.3 is 20.1 Å². The smallest absolute Gasteiger partial charge is 0.410 e. The van der Waals surface area contributed by atoms with Gasteiger partial charge in [-0.1, -0.05) is 17.7 Å². The van der Waals surface area contributed by atoms with Crippen LogP contribution in [0.1, 0.15) is 55.3 Å². The monoisotopic (exact) mass is 460 g/mol. The summed E-state index contributed by atoms with van der Waals surface area (Å²) >= 11 is 6.32. The van der Waals surface area contributed by atoms with Crippen molar-refractivity contribution in [3.05, 3.63) is 34.5 Å². The number of ether oxygens (including phenoxy) is 2. The van der Waals surface area contributed by atoms with Crippen LogP contribution in [-0.4, -0.2) is 41.6 Å². The second-order valence-corrected chi connectivity index (χ2v) is 8.64. The summed E-state index contributed by atoms with van der Waals surface area (Å²) in [5, 5.41) is 9.43. The molecule has 2 aromatic rings. The molecule has 0 saturated carbocycles. The Bertz CT molecular complexity index is 985. The van der Waals surface area contributed by atoms with E-state index in [9.17, 15) is 18.0 Å². The van der Waals surface area contributed by atoms with Gasteiger partial charge in [0.2, 0.25) is 0 Å². The van der Waals surface area contributed by atoms with Crippen LogP contribution in [0, 0.1) is 0 Å². The van der Waals surface area contributed by atoms with Crippen molar-refractivity contribution >= 4 is 23.3 Å². The minimum absolute atomic E-state index is 0.0610. The van der Waals surface area contributed by atoms with E-state index in [0.29, 0.717) is 17.1 Å². The molecule has 1 aromatic heterocycles. The first-order valence-corrected chi connectivity index (χ1v) is 9.89. The van der Waals surface area contributed by atoms with Crippen molar-refractivity contribution < 1.29 is 27.4 Å². The summed E-state index contributed by atoms with van der Waals surface area (Å²) in [6.07, 6.45) is -4.94. The third-order valence-electron chi connectivity index (χ3n) is 4.81. The Hall–Kier alpha value is -2.62. The average Bonchev–Trinajstić information content (AvgIpc) is 3.01. The molecule has 2 atom stereocenters. The molecule has 0 radical (unpaired) electrons. The Balaban J connectivity index is 2.04. The SMILES string of the molecule is COc1ccc([C@H]2C[C@H](C(F)(F)F)n3nc(C(=O)NC(C)(C)C)c(Cl)c3N2)cc1OC. The average molecular weight is 461 g/mol. The normalized spacial score (nSPS) is 18.7. The van der Waals surface area contributed by atoms with E-state index in [-0.39, 0.29) is 23.0 Å². The Kier molecular flexibility index (Phi) is 6.05. The first-order chi connectivity index (χ1) is 14.4.